The molecular weight excluding hydrogens is 152 g/mol. The van der Waals surface area contributed by atoms with Crippen LogP contribution in [0.3, 0.4) is 0 Å². The topological polar surface area (TPSA) is 53.6 Å². The van der Waals surface area contributed by atoms with Gasteiger partial charge in [0.2, 0.25) is 0 Å². The van der Waals surface area contributed by atoms with Crippen molar-refractivity contribution in [2.75, 3.05) is 7.05 Å². The monoisotopic (exact) mass is 162 g/mol. The van der Waals surface area contributed by atoms with Gasteiger partial charge in [0.1, 0.15) is 6.07 Å². The molecule has 0 aliphatic carbocycles. The van der Waals surface area contributed by atoms with Crippen molar-refractivity contribution in [2.45, 2.75) is 19.0 Å². The Balaban J connectivity index is 2.39. The van der Waals surface area contributed by atoms with Gasteiger partial charge in [-0.05, 0) is 19.5 Å². The molecule has 0 radical (unpaired) electrons. The van der Waals surface area contributed by atoms with Crippen molar-refractivity contribution in [1.29, 1.82) is 5.26 Å². The molecule has 2 heterocycles. The lowest BCUT2D eigenvalue weighted by Gasteiger charge is -2.04. The molecule has 1 unspecified atom stereocenters. The molecule has 2 rings (SSSR count). The van der Waals surface area contributed by atoms with Crippen molar-refractivity contribution in [3.63, 3.8) is 0 Å². The molecule has 1 aromatic rings. The zero-order valence-corrected chi connectivity index (χ0v) is 6.91. The molecule has 12 heavy (non-hydrogen) atoms. The van der Waals surface area contributed by atoms with Gasteiger partial charge in [-0.15, -0.1) is 0 Å². The molecule has 0 saturated heterocycles. The number of rotatable bonds is 1. The molecule has 0 fully saturated rings. The van der Waals surface area contributed by atoms with Crippen LogP contribution in [0, 0.1) is 11.3 Å². The third-order valence-corrected chi connectivity index (χ3v) is 2.26. The minimum Gasteiger partial charge on any atom is -0.312 e. The molecule has 0 bridgehead atoms. The van der Waals surface area contributed by atoms with Gasteiger partial charge >= 0.3 is 0 Å². The fourth-order valence-corrected chi connectivity index (χ4v) is 1.64. The number of nitrogens with zero attached hydrogens (tertiary/aromatic N) is 3. The highest BCUT2D eigenvalue weighted by molar-refractivity contribution is 5.25. The maximum atomic E-state index is 8.61. The second-order valence-corrected chi connectivity index (χ2v) is 2.92. The Morgan fingerprint density at radius 1 is 1.83 bits per heavy atom. The number of aromatic nitrogens is 2. The van der Waals surface area contributed by atoms with Crippen LogP contribution in [0.4, 0.5) is 0 Å². The van der Waals surface area contributed by atoms with Crippen molar-refractivity contribution < 1.29 is 0 Å². The average Bonchev–Trinajstić information content (AvgIpc) is 2.61. The van der Waals surface area contributed by atoms with Gasteiger partial charge in [0.15, 0.2) is 5.69 Å². The molecule has 0 saturated carbocycles. The first kappa shape index (κ1) is 7.32. The summed E-state index contributed by atoms with van der Waals surface area (Å²) in [6.45, 7) is 0.919. The SMILES string of the molecule is CNC1CCn2nc(C#N)cc21. The lowest BCUT2D eigenvalue weighted by Crippen LogP contribution is -2.12. The smallest absolute Gasteiger partial charge is 0.162 e. The number of nitriles is 1. The Hall–Kier alpha value is -1.34. The number of aryl methyl sites for hydroxylation is 1. The zero-order valence-electron chi connectivity index (χ0n) is 6.91. The highest BCUT2D eigenvalue weighted by Gasteiger charge is 2.22. The molecule has 0 aromatic carbocycles. The predicted octanol–water partition coefficient (Wildman–Crippen LogP) is 0.419. The van der Waals surface area contributed by atoms with E-state index in [1.165, 1.54) is 0 Å². The van der Waals surface area contributed by atoms with Crippen LogP contribution >= 0.6 is 0 Å². The summed E-state index contributed by atoms with van der Waals surface area (Å²) in [5.41, 5.74) is 1.65. The Morgan fingerprint density at radius 3 is 3.33 bits per heavy atom. The molecule has 0 amide bonds. The van der Waals surface area contributed by atoms with Crippen molar-refractivity contribution in [1.82, 2.24) is 15.1 Å². The summed E-state index contributed by atoms with van der Waals surface area (Å²) < 4.78 is 1.90. The van der Waals surface area contributed by atoms with Gasteiger partial charge in [0.25, 0.3) is 0 Å². The molecule has 1 aliphatic heterocycles. The van der Waals surface area contributed by atoms with Crippen LogP contribution in [0.5, 0.6) is 0 Å². The number of nitrogens with one attached hydrogen (secondary N) is 1. The molecule has 62 valence electrons. The molecule has 1 aromatic heterocycles. The lowest BCUT2D eigenvalue weighted by atomic mass is 10.2. The lowest BCUT2D eigenvalue weighted by molar-refractivity contribution is 0.577. The summed E-state index contributed by atoms with van der Waals surface area (Å²) in [5.74, 6) is 0. The van der Waals surface area contributed by atoms with E-state index in [4.69, 9.17) is 5.26 Å². The Kier molecular flexibility index (Phi) is 1.59. The minimum atomic E-state index is 0.375. The van der Waals surface area contributed by atoms with Crippen molar-refractivity contribution in [3.8, 4) is 6.07 Å². The second kappa shape index (κ2) is 2.61. The van der Waals surface area contributed by atoms with E-state index in [0.717, 1.165) is 18.7 Å². The summed E-state index contributed by atoms with van der Waals surface area (Å²) in [6, 6.07) is 4.27. The second-order valence-electron chi connectivity index (χ2n) is 2.92. The van der Waals surface area contributed by atoms with Crippen LogP contribution in [-0.2, 0) is 6.54 Å². The van der Waals surface area contributed by atoms with Gasteiger partial charge in [-0.25, -0.2) is 0 Å². The van der Waals surface area contributed by atoms with Crippen molar-refractivity contribution in [3.05, 3.63) is 17.5 Å². The van der Waals surface area contributed by atoms with Gasteiger partial charge in [0, 0.05) is 6.54 Å². The predicted molar refractivity (Wildman–Crippen MR) is 43.4 cm³/mol. The quantitative estimate of drug-likeness (QED) is 0.651. The summed E-state index contributed by atoms with van der Waals surface area (Å²) >= 11 is 0. The first-order chi connectivity index (χ1) is 5.85. The number of hydrogen-bond acceptors (Lipinski definition) is 3. The van der Waals surface area contributed by atoms with Crippen molar-refractivity contribution in [2.24, 2.45) is 0 Å². The summed E-state index contributed by atoms with van der Waals surface area (Å²) in [5, 5.41) is 15.9. The van der Waals surface area contributed by atoms with E-state index in [0.29, 0.717) is 11.7 Å². The van der Waals surface area contributed by atoms with Crippen LogP contribution < -0.4 is 5.32 Å². The summed E-state index contributed by atoms with van der Waals surface area (Å²) in [4.78, 5) is 0. The Morgan fingerprint density at radius 2 is 2.67 bits per heavy atom. The van der Waals surface area contributed by atoms with E-state index in [1.807, 2.05) is 23.9 Å². The third kappa shape index (κ3) is 0.908. The van der Waals surface area contributed by atoms with E-state index in [9.17, 15) is 0 Å². The van der Waals surface area contributed by atoms with E-state index in [1.54, 1.807) is 0 Å². The molecule has 1 atom stereocenters. The summed E-state index contributed by atoms with van der Waals surface area (Å²) in [6.07, 6.45) is 1.07. The number of fused-ring (bicyclic) bond motifs is 1. The van der Waals surface area contributed by atoms with Gasteiger partial charge in [-0.3, -0.25) is 4.68 Å². The Bertz CT molecular complexity index is 333. The highest BCUT2D eigenvalue weighted by Crippen LogP contribution is 2.24. The molecule has 1 aliphatic rings. The van der Waals surface area contributed by atoms with Crippen LogP contribution in [0.1, 0.15) is 23.9 Å². The first-order valence-electron chi connectivity index (χ1n) is 4.00. The van der Waals surface area contributed by atoms with E-state index in [2.05, 4.69) is 10.4 Å². The maximum absolute atomic E-state index is 8.61. The van der Waals surface area contributed by atoms with E-state index in [-0.39, 0.29) is 0 Å². The van der Waals surface area contributed by atoms with Gasteiger partial charge in [0.05, 0.1) is 11.7 Å². The number of hydrogen-bond donors (Lipinski definition) is 1. The van der Waals surface area contributed by atoms with Gasteiger partial charge < -0.3 is 5.32 Å². The molecule has 1 N–H and O–H groups in total. The summed E-state index contributed by atoms with van der Waals surface area (Å²) in [7, 11) is 1.93. The standard InChI is InChI=1S/C8H10N4/c1-10-7-2-3-12-8(7)4-6(5-9)11-12/h4,7,10H,2-3H2,1H3. The maximum Gasteiger partial charge on any atom is 0.162 e. The van der Waals surface area contributed by atoms with Crippen molar-refractivity contribution >= 4 is 0 Å². The van der Waals surface area contributed by atoms with Crippen LogP contribution in [0.25, 0.3) is 0 Å². The molecule has 4 heteroatoms. The zero-order chi connectivity index (χ0) is 8.55. The molecule has 0 spiro atoms. The largest absolute Gasteiger partial charge is 0.312 e. The first-order valence-corrected chi connectivity index (χ1v) is 4.00. The fourth-order valence-electron chi connectivity index (χ4n) is 1.64. The van der Waals surface area contributed by atoms with Crippen LogP contribution in [0.2, 0.25) is 0 Å². The fraction of sp³-hybridized carbons (Fsp3) is 0.500. The molecule has 4 nitrogen and oxygen atoms in total. The van der Waals surface area contributed by atoms with Crippen LogP contribution in [-0.4, -0.2) is 16.8 Å². The molecular formula is C8H10N4. The van der Waals surface area contributed by atoms with Gasteiger partial charge in [-0.1, -0.05) is 0 Å². The van der Waals surface area contributed by atoms with E-state index >= 15 is 0 Å². The average molecular weight is 162 g/mol. The minimum absolute atomic E-state index is 0.375. The Labute approximate surface area is 70.8 Å². The normalized spacial score (nSPS) is 20.5. The van der Waals surface area contributed by atoms with Gasteiger partial charge in [-0.2, -0.15) is 10.4 Å². The van der Waals surface area contributed by atoms with E-state index < -0.39 is 0 Å². The highest BCUT2D eigenvalue weighted by atomic mass is 15.3. The third-order valence-electron chi connectivity index (χ3n) is 2.26. The van der Waals surface area contributed by atoms with Crippen LogP contribution in [0.15, 0.2) is 6.07 Å².